The van der Waals surface area contributed by atoms with E-state index in [1.165, 1.54) is 5.56 Å². The molecule has 0 fully saturated rings. The molecule has 0 radical (unpaired) electrons. The summed E-state index contributed by atoms with van der Waals surface area (Å²) in [5.41, 5.74) is 1.97. The Kier molecular flexibility index (Phi) is 7.81. The van der Waals surface area contributed by atoms with Gasteiger partial charge in [-0.1, -0.05) is 63.6 Å². The van der Waals surface area contributed by atoms with Crippen molar-refractivity contribution in [2.45, 2.75) is 64.8 Å². The maximum Gasteiger partial charge on any atom is 0.246 e. The molecule has 0 saturated carbocycles. The molecule has 1 aromatic rings. The van der Waals surface area contributed by atoms with Crippen LogP contribution < -0.4 is 5.32 Å². The van der Waals surface area contributed by atoms with E-state index < -0.39 is 0 Å². The quantitative estimate of drug-likeness (QED) is 0.648. The number of rotatable bonds is 9. The third-order valence-corrected chi connectivity index (χ3v) is 3.84. The summed E-state index contributed by atoms with van der Waals surface area (Å²) in [6, 6.07) is 10.9. The molecule has 0 heterocycles. The average molecular weight is 287 g/mol. The molecule has 0 spiro atoms. The van der Waals surface area contributed by atoms with Crippen LogP contribution in [0, 0.1) is 0 Å². The Bertz CT molecular complexity index is 438. The maximum atomic E-state index is 11.9. The third kappa shape index (κ3) is 6.16. The molecule has 2 unspecified atom stereocenters. The monoisotopic (exact) mass is 287 g/mol. The van der Waals surface area contributed by atoms with Crippen molar-refractivity contribution in [1.29, 1.82) is 0 Å². The summed E-state index contributed by atoms with van der Waals surface area (Å²) in [6.45, 7) is 9.88. The lowest BCUT2D eigenvalue weighted by Crippen LogP contribution is -2.36. The molecule has 2 nitrogen and oxygen atoms in total. The fraction of sp³-hybridized carbons (Fsp3) is 0.526. The summed E-state index contributed by atoms with van der Waals surface area (Å²) < 4.78 is 0. The molecule has 1 N–H and O–H groups in total. The first-order valence-corrected chi connectivity index (χ1v) is 8.09. The van der Waals surface area contributed by atoms with Gasteiger partial charge in [0.15, 0.2) is 0 Å². The van der Waals surface area contributed by atoms with Crippen LogP contribution in [0.1, 0.15) is 64.4 Å². The van der Waals surface area contributed by atoms with Crippen LogP contribution in [0.3, 0.4) is 0 Å². The van der Waals surface area contributed by atoms with Crippen LogP contribution in [0.15, 0.2) is 42.5 Å². The lowest BCUT2D eigenvalue weighted by Gasteiger charge is -2.24. The first-order valence-electron chi connectivity index (χ1n) is 8.09. The van der Waals surface area contributed by atoms with Gasteiger partial charge in [-0.15, -0.1) is 0 Å². The highest BCUT2D eigenvalue weighted by atomic mass is 16.1. The molecular weight excluding hydrogens is 258 g/mol. The summed E-state index contributed by atoms with van der Waals surface area (Å²) in [7, 11) is 0. The molecule has 2 heteroatoms. The van der Waals surface area contributed by atoms with Gasteiger partial charge in [0.05, 0.1) is 0 Å². The molecule has 0 saturated heterocycles. The zero-order valence-electron chi connectivity index (χ0n) is 13.7. The molecule has 0 aliphatic carbocycles. The molecule has 0 aromatic heterocycles. The van der Waals surface area contributed by atoms with Crippen molar-refractivity contribution in [1.82, 2.24) is 5.32 Å². The van der Waals surface area contributed by atoms with Crippen molar-refractivity contribution in [3.05, 3.63) is 48.0 Å². The van der Waals surface area contributed by atoms with E-state index in [2.05, 4.69) is 56.1 Å². The van der Waals surface area contributed by atoms with Gasteiger partial charge >= 0.3 is 0 Å². The molecule has 116 valence electrons. The smallest absolute Gasteiger partial charge is 0.246 e. The summed E-state index contributed by atoms with van der Waals surface area (Å²) in [5.74, 6) is 0.495. The van der Waals surface area contributed by atoms with Crippen LogP contribution in [0.5, 0.6) is 0 Å². The largest absolute Gasteiger partial charge is 0.350 e. The molecule has 1 aromatic carbocycles. The Morgan fingerprint density at radius 1 is 1.14 bits per heavy atom. The van der Waals surface area contributed by atoms with Gasteiger partial charge in [-0.05, 0) is 37.7 Å². The van der Waals surface area contributed by atoms with E-state index in [0.29, 0.717) is 11.5 Å². The lowest BCUT2D eigenvalue weighted by atomic mass is 9.87. The van der Waals surface area contributed by atoms with Crippen LogP contribution in [0.25, 0.3) is 0 Å². The Hall–Kier alpha value is -1.57. The van der Waals surface area contributed by atoms with Crippen molar-refractivity contribution >= 4 is 5.91 Å². The molecule has 21 heavy (non-hydrogen) atoms. The normalized spacial score (nSPS) is 13.5. The first kappa shape index (κ1) is 17.5. The first-order chi connectivity index (χ1) is 10.1. The SMILES string of the molecule is C=C(C)C(=O)NC(CCC)CC(CCC)c1ccccc1. The molecule has 0 aliphatic heterocycles. The Labute approximate surface area is 129 Å². The number of hydrogen-bond acceptors (Lipinski definition) is 1. The van der Waals surface area contributed by atoms with Crippen molar-refractivity contribution in [2.24, 2.45) is 0 Å². The van der Waals surface area contributed by atoms with Crippen LogP contribution in [0.2, 0.25) is 0 Å². The topological polar surface area (TPSA) is 29.1 Å². The second-order valence-corrected chi connectivity index (χ2v) is 5.87. The summed E-state index contributed by atoms with van der Waals surface area (Å²) in [4.78, 5) is 11.9. The van der Waals surface area contributed by atoms with Gasteiger partial charge in [0, 0.05) is 11.6 Å². The number of carbonyl (C=O) groups excluding carboxylic acids is 1. The van der Waals surface area contributed by atoms with Gasteiger partial charge in [-0.3, -0.25) is 4.79 Å². The third-order valence-electron chi connectivity index (χ3n) is 3.84. The van der Waals surface area contributed by atoms with Crippen molar-refractivity contribution in [2.75, 3.05) is 0 Å². The summed E-state index contributed by atoms with van der Waals surface area (Å²) in [6.07, 6.45) is 5.42. The van der Waals surface area contributed by atoms with E-state index in [1.54, 1.807) is 6.92 Å². The molecule has 1 amide bonds. The summed E-state index contributed by atoms with van der Waals surface area (Å²) in [5, 5.41) is 3.14. The van der Waals surface area contributed by atoms with Crippen LogP contribution in [-0.2, 0) is 4.79 Å². The Morgan fingerprint density at radius 2 is 1.76 bits per heavy atom. The Morgan fingerprint density at radius 3 is 2.29 bits per heavy atom. The minimum atomic E-state index is -0.0169. The Balaban J connectivity index is 2.77. The van der Waals surface area contributed by atoms with Crippen LogP contribution >= 0.6 is 0 Å². The highest BCUT2D eigenvalue weighted by molar-refractivity contribution is 5.92. The van der Waals surface area contributed by atoms with E-state index in [9.17, 15) is 4.79 Å². The van der Waals surface area contributed by atoms with Gasteiger partial charge in [0.1, 0.15) is 0 Å². The molecule has 0 aliphatic rings. The van der Waals surface area contributed by atoms with Gasteiger partial charge in [-0.2, -0.15) is 0 Å². The predicted molar refractivity (Wildman–Crippen MR) is 90.4 cm³/mol. The van der Waals surface area contributed by atoms with E-state index >= 15 is 0 Å². The standard InChI is InChI=1S/C19H29NO/c1-5-10-17(16-12-8-7-9-13-16)14-18(11-6-2)20-19(21)15(3)4/h7-9,12-13,17-18H,3,5-6,10-11,14H2,1-2,4H3,(H,20,21). The zero-order chi connectivity index (χ0) is 15.7. The molecule has 1 rings (SSSR count). The number of benzene rings is 1. The van der Waals surface area contributed by atoms with Crippen LogP contribution in [-0.4, -0.2) is 11.9 Å². The van der Waals surface area contributed by atoms with Gasteiger partial charge in [0.25, 0.3) is 0 Å². The number of carbonyl (C=O) groups is 1. The van der Waals surface area contributed by atoms with E-state index in [0.717, 1.165) is 32.1 Å². The van der Waals surface area contributed by atoms with E-state index in [4.69, 9.17) is 0 Å². The predicted octanol–water partition coefficient (Wildman–Crippen LogP) is 4.82. The van der Waals surface area contributed by atoms with Gasteiger partial charge in [-0.25, -0.2) is 0 Å². The summed E-state index contributed by atoms with van der Waals surface area (Å²) >= 11 is 0. The van der Waals surface area contributed by atoms with Crippen molar-refractivity contribution in [3.8, 4) is 0 Å². The highest BCUT2D eigenvalue weighted by Crippen LogP contribution is 2.27. The highest BCUT2D eigenvalue weighted by Gasteiger charge is 2.19. The van der Waals surface area contributed by atoms with E-state index in [-0.39, 0.29) is 11.9 Å². The van der Waals surface area contributed by atoms with Crippen molar-refractivity contribution in [3.63, 3.8) is 0 Å². The maximum absolute atomic E-state index is 11.9. The number of hydrogen-bond donors (Lipinski definition) is 1. The number of amides is 1. The minimum absolute atomic E-state index is 0.0169. The zero-order valence-corrected chi connectivity index (χ0v) is 13.7. The fourth-order valence-corrected chi connectivity index (χ4v) is 2.74. The second-order valence-electron chi connectivity index (χ2n) is 5.87. The minimum Gasteiger partial charge on any atom is -0.350 e. The lowest BCUT2D eigenvalue weighted by molar-refractivity contribution is -0.118. The number of nitrogens with one attached hydrogen (secondary N) is 1. The van der Waals surface area contributed by atoms with Gasteiger partial charge < -0.3 is 5.32 Å². The van der Waals surface area contributed by atoms with Crippen LogP contribution in [0.4, 0.5) is 0 Å². The van der Waals surface area contributed by atoms with Gasteiger partial charge in [0.2, 0.25) is 5.91 Å². The average Bonchev–Trinajstić information content (AvgIpc) is 2.47. The molecule has 2 atom stereocenters. The second kappa shape index (κ2) is 9.38. The molecular formula is C19H29NO. The molecule has 0 bridgehead atoms. The fourth-order valence-electron chi connectivity index (χ4n) is 2.74. The van der Waals surface area contributed by atoms with E-state index in [1.807, 2.05) is 0 Å². The van der Waals surface area contributed by atoms with Crippen molar-refractivity contribution < 1.29 is 4.79 Å².